The minimum atomic E-state index is -0.422. The van der Waals surface area contributed by atoms with E-state index >= 15 is 0 Å². The van der Waals surface area contributed by atoms with Gasteiger partial charge in [-0.2, -0.15) is 0 Å². The van der Waals surface area contributed by atoms with Crippen molar-refractivity contribution in [2.75, 3.05) is 6.61 Å². The van der Waals surface area contributed by atoms with E-state index in [4.69, 9.17) is 5.11 Å². The first kappa shape index (κ1) is 13.0. The van der Waals surface area contributed by atoms with Crippen molar-refractivity contribution < 1.29 is 14.7 Å². The van der Waals surface area contributed by atoms with Crippen molar-refractivity contribution >= 4 is 11.8 Å². The third-order valence-corrected chi connectivity index (χ3v) is 2.63. The molecule has 2 atom stereocenters. The molecule has 16 heavy (non-hydrogen) atoms. The molecule has 0 aromatic carbocycles. The maximum Gasteiger partial charge on any atom is 0.242 e. The maximum absolute atomic E-state index is 11.7. The molecule has 5 nitrogen and oxygen atoms in total. The third-order valence-electron chi connectivity index (χ3n) is 2.63. The van der Waals surface area contributed by atoms with Crippen LogP contribution in [0.1, 0.15) is 33.1 Å². The number of amides is 2. The molecule has 0 bridgehead atoms. The molecule has 0 aliphatic carbocycles. The second-order valence-electron chi connectivity index (χ2n) is 4.68. The van der Waals surface area contributed by atoms with Crippen molar-refractivity contribution in [3.8, 4) is 0 Å². The Bertz CT molecular complexity index is 266. The van der Waals surface area contributed by atoms with E-state index in [2.05, 4.69) is 10.6 Å². The Labute approximate surface area is 95.6 Å². The van der Waals surface area contributed by atoms with Crippen LogP contribution in [0.25, 0.3) is 0 Å². The Morgan fingerprint density at radius 3 is 2.75 bits per heavy atom. The van der Waals surface area contributed by atoms with E-state index in [-0.39, 0.29) is 24.5 Å². The highest BCUT2D eigenvalue weighted by Crippen LogP contribution is 2.08. The van der Waals surface area contributed by atoms with Crippen LogP contribution in [0, 0.1) is 5.92 Å². The van der Waals surface area contributed by atoms with Crippen LogP contribution in [0.2, 0.25) is 0 Å². The van der Waals surface area contributed by atoms with Crippen LogP contribution in [0.4, 0.5) is 0 Å². The van der Waals surface area contributed by atoms with Crippen molar-refractivity contribution in [3.63, 3.8) is 0 Å². The standard InChI is InChI=1S/C11H20N2O3/c1-7(2)5-8(6-14)12-11(16)9-3-4-10(15)13-9/h7-9,14H,3-6H2,1-2H3,(H,12,16)(H,13,15)/t8?,9-/m0/s1. The van der Waals surface area contributed by atoms with E-state index in [9.17, 15) is 9.59 Å². The number of nitrogens with one attached hydrogen (secondary N) is 2. The molecule has 0 spiro atoms. The molecule has 1 aliphatic rings. The number of aliphatic hydroxyl groups excluding tert-OH is 1. The zero-order valence-corrected chi connectivity index (χ0v) is 9.82. The van der Waals surface area contributed by atoms with Crippen molar-refractivity contribution in [3.05, 3.63) is 0 Å². The number of carbonyl (C=O) groups excluding carboxylic acids is 2. The van der Waals surface area contributed by atoms with Gasteiger partial charge in [-0.05, 0) is 18.8 Å². The van der Waals surface area contributed by atoms with E-state index in [1.54, 1.807) is 0 Å². The summed E-state index contributed by atoms with van der Waals surface area (Å²) in [5.41, 5.74) is 0. The lowest BCUT2D eigenvalue weighted by atomic mass is 10.0. The topological polar surface area (TPSA) is 78.4 Å². The first-order valence-electron chi connectivity index (χ1n) is 5.73. The fourth-order valence-electron chi connectivity index (χ4n) is 1.86. The Kier molecular flexibility index (Phi) is 4.73. The lowest BCUT2D eigenvalue weighted by molar-refractivity contribution is -0.126. The van der Waals surface area contributed by atoms with Crippen LogP contribution in [0.3, 0.4) is 0 Å². The van der Waals surface area contributed by atoms with Gasteiger partial charge in [-0.3, -0.25) is 9.59 Å². The SMILES string of the molecule is CC(C)CC(CO)NC(=O)[C@@H]1CCC(=O)N1. The number of carbonyl (C=O) groups is 2. The second-order valence-corrected chi connectivity index (χ2v) is 4.68. The van der Waals surface area contributed by atoms with E-state index in [0.717, 1.165) is 6.42 Å². The van der Waals surface area contributed by atoms with Crippen LogP contribution in [-0.2, 0) is 9.59 Å². The molecule has 0 aromatic heterocycles. The van der Waals surface area contributed by atoms with Gasteiger partial charge in [0, 0.05) is 6.42 Å². The molecular weight excluding hydrogens is 208 g/mol. The number of hydrogen-bond donors (Lipinski definition) is 3. The average molecular weight is 228 g/mol. The van der Waals surface area contributed by atoms with E-state index in [1.807, 2.05) is 13.8 Å². The van der Waals surface area contributed by atoms with Gasteiger partial charge in [0.25, 0.3) is 0 Å². The Morgan fingerprint density at radius 2 is 2.31 bits per heavy atom. The highest BCUT2D eigenvalue weighted by atomic mass is 16.3. The van der Waals surface area contributed by atoms with Gasteiger partial charge in [0.2, 0.25) is 11.8 Å². The van der Waals surface area contributed by atoms with Gasteiger partial charge < -0.3 is 15.7 Å². The summed E-state index contributed by atoms with van der Waals surface area (Å²) < 4.78 is 0. The van der Waals surface area contributed by atoms with Gasteiger partial charge in [-0.25, -0.2) is 0 Å². The molecule has 0 saturated carbocycles. The highest BCUT2D eigenvalue weighted by molar-refractivity contribution is 5.90. The Balaban J connectivity index is 2.39. The monoisotopic (exact) mass is 228 g/mol. The minimum Gasteiger partial charge on any atom is -0.394 e. The summed E-state index contributed by atoms with van der Waals surface area (Å²) in [4.78, 5) is 22.7. The quantitative estimate of drug-likeness (QED) is 0.609. The van der Waals surface area contributed by atoms with E-state index in [1.165, 1.54) is 0 Å². The molecule has 1 unspecified atom stereocenters. The van der Waals surface area contributed by atoms with Gasteiger partial charge >= 0.3 is 0 Å². The minimum absolute atomic E-state index is 0.0649. The summed E-state index contributed by atoms with van der Waals surface area (Å²) >= 11 is 0. The van der Waals surface area contributed by atoms with Gasteiger partial charge in [0.15, 0.2) is 0 Å². The summed E-state index contributed by atoms with van der Waals surface area (Å²) in [7, 11) is 0. The zero-order valence-electron chi connectivity index (χ0n) is 9.82. The summed E-state index contributed by atoms with van der Waals surface area (Å²) in [5.74, 6) is 0.144. The average Bonchev–Trinajstić information content (AvgIpc) is 2.63. The van der Waals surface area contributed by atoms with Gasteiger partial charge in [-0.1, -0.05) is 13.8 Å². The van der Waals surface area contributed by atoms with Crippen molar-refractivity contribution in [1.29, 1.82) is 0 Å². The first-order valence-corrected chi connectivity index (χ1v) is 5.73. The summed E-state index contributed by atoms with van der Waals surface area (Å²) in [6.45, 7) is 4.00. The molecule has 5 heteroatoms. The largest absolute Gasteiger partial charge is 0.394 e. The molecule has 3 N–H and O–H groups in total. The predicted molar refractivity (Wildman–Crippen MR) is 59.6 cm³/mol. The predicted octanol–water partition coefficient (Wildman–Crippen LogP) is -0.212. The number of rotatable bonds is 5. The normalized spacial score (nSPS) is 22.0. The summed E-state index contributed by atoms with van der Waals surface area (Å²) in [5, 5.41) is 14.5. The fraction of sp³-hybridized carbons (Fsp3) is 0.818. The van der Waals surface area contributed by atoms with Gasteiger partial charge in [0.1, 0.15) is 6.04 Å². The van der Waals surface area contributed by atoms with Crippen LogP contribution in [-0.4, -0.2) is 35.6 Å². The Hall–Kier alpha value is -1.10. The van der Waals surface area contributed by atoms with E-state index < -0.39 is 6.04 Å². The molecule has 1 rings (SSSR count). The first-order chi connectivity index (χ1) is 7.52. The third kappa shape index (κ3) is 3.81. The number of hydrogen-bond acceptors (Lipinski definition) is 3. The van der Waals surface area contributed by atoms with Crippen LogP contribution in [0.5, 0.6) is 0 Å². The van der Waals surface area contributed by atoms with Gasteiger partial charge in [0.05, 0.1) is 12.6 Å². The molecule has 1 saturated heterocycles. The summed E-state index contributed by atoms with van der Waals surface area (Å²) in [6, 6.07) is -0.640. The van der Waals surface area contributed by atoms with Crippen molar-refractivity contribution in [2.24, 2.45) is 5.92 Å². The smallest absolute Gasteiger partial charge is 0.242 e. The van der Waals surface area contributed by atoms with Crippen LogP contribution < -0.4 is 10.6 Å². The van der Waals surface area contributed by atoms with Crippen molar-refractivity contribution in [1.82, 2.24) is 10.6 Å². The molecule has 0 radical (unpaired) electrons. The zero-order chi connectivity index (χ0) is 12.1. The molecule has 92 valence electrons. The molecule has 2 amide bonds. The Morgan fingerprint density at radius 1 is 1.62 bits per heavy atom. The fourth-order valence-corrected chi connectivity index (χ4v) is 1.86. The van der Waals surface area contributed by atoms with E-state index in [0.29, 0.717) is 18.8 Å². The molecule has 1 aliphatic heterocycles. The molecule has 0 aromatic rings. The summed E-state index contributed by atoms with van der Waals surface area (Å²) in [6.07, 6.45) is 1.69. The highest BCUT2D eigenvalue weighted by Gasteiger charge is 2.28. The number of aliphatic hydroxyl groups is 1. The molecule has 1 fully saturated rings. The van der Waals surface area contributed by atoms with Crippen LogP contribution in [0.15, 0.2) is 0 Å². The lowest BCUT2D eigenvalue weighted by Gasteiger charge is -2.20. The van der Waals surface area contributed by atoms with Crippen molar-refractivity contribution in [2.45, 2.75) is 45.2 Å². The second kappa shape index (κ2) is 5.84. The molecular formula is C11H20N2O3. The lowest BCUT2D eigenvalue weighted by Crippen LogP contribution is -2.47. The maximum atomic E-state index is 11.7. The molecule has 1 heterocycles. The van der Waals surface area contributed by atoms with Crippen LogP contribution >= 0.6 is 0 Å². The van der Waals surface area contributed by atoms with Gasteiger partial charge in [-0.15, -0.1) is 0 Å².